The van der Waals surface area contributed by atoms with Crippen LogP contribution in [0.1, 0.15) is 29.4 Å². The van der Waals surface area contributed by atoms with E-state index in [0.29, 0.717) is 11.4 Å². The number of rotatable bonds is 7. The van der Waals surface area contributed by atoms with E-state index < -0.39 is 10.0 Å². The molecule has 0 bridgehead atoms. The fourth-order valence-corrected chi connectivity index (χ4v) is 5.12. The third-order valence-corrected chi connectivity index (χ3v) is 7.13. The topological polar surface area (TPSA) is 96.7 Å². The van der Waals surface area contributed by atoms with Gasteiger partial charge in [-0.3, -0.25) is 14.5 Å². The van der Waals surface area contributed by atoms with Crippen LogP contribution in [0.3, 0.4) is 0 Å². The van der Waals surface area contributed by atoms with Crippen molar-refractivity contribution in [3.63, 3.8) is 0 Å². The number of benzene rings is 1. The molecule has 2 amide bonds. The summed E-state index contributed by atoms with van der Waals surface area (Å²) >= 11 is 1.53. The summed E-state index contributed by atoms with van der Waals surface area (Å²) in [7, 11) is -3.78. The Hall–Kier alpha value is -2.75. The maximum atomic E-state index is 12.8. The molecule has 3 heterocycles. The number of furan rings is 1. The van der Waals surface area contributed by atoms with Gasteiger partial charge < -0.3 is 4.42 Å². The van der Waals surface area contributed by atoms with E-state index in [9.17, 15) is 18.0 Å². The number of carbonyl (C=O) groups excluding carboxylic acids is 2. The third-order valence-electron chi connectivity index (χ3n) is 4.71. The van der Waals surface area contributed by atoms with Crippen LogP contribution in [0.15, 0.2) is 69.5 Å². The van der Waals surface area contributed by atoms with E-state index in [0.717, 1.165) is 9.78 Å². The van der Waals surface area contributed by atoms with E-state index in [2.05, 4.69) is 4.72 Å². The molecule has 0 unspecified atom stereocenters. The summed E-state index contributed by atoms with van der Waals surface area (Å²) in [5, 5.41) is 1.93. The summed E-state index contributed by atoms with van der Waals surface area (Å²) in [5.41, 5.74) is 0.378. The van der Waals surface area contributed by atoms with Crippen molar-refractivity contribution in [1.82, 2.24) is 4.72 Å². The van der Waals surface area contributed by atoms with Gasteiger partial charge in [0.25, 0.3) is 0 Å². The Morgan fingerprint density at radius 1 is 1.03 bits per heavy atom. The van der Waals surface area contributed by atoms with Crippen molar-refractivity contribution in [2.45, 2.75) is 23.7 Å². The molecule has 0 radical (unpaired) electrons. The van der Waals surface area contributed by atoms with Gasteiger partial charge in [0.15, 0.2) is 0 Å². The Morgan fingerprint density at radius 2 is 1.76 bits per heavy atom. The molecule has 4 rings (SSSR count). The Bertz CT molecular complexity index is 1050. The maximum Gasteiger partial charge on any atom is 0.240 e. The minimum Gasteiger partial charge on any atom is -0.469 e. The van der Waals surface area contributed by atoms with E-state index in [4.69, 9.17) is 4.42 Å². The molecule has 9 heteroatoms. The normalized spacial score (nSPS) is 15.8. The standard InChI is InChI=1S/C20H18N2O5S2/c23-19-9-10-20(24)22(19)14-5-7-15(8-6-14)29(25,26)21-13-16(17-3-1-11-27-17)18-4-2-12-28-18/h1-8,11-12,16,21H,9-10,13H2/t16-/m1/s1. The number of imide groups is 1. The second-order valence-corrected chi connectivity index (χ2v) is 9.30. The summed E-state index contributed by atoms with van der Waals surface area (Å²) in [4.78, 5) is 25.8. The molecule has 1 N–H and O–H groups in total. The lowest BCUT2D eigenvalue weighted by molar-refractivity contribution is -0.121. The van der Waals surface area contributed by atoms with Crippen LogP contribution in [-0.2, 0) is 19.6 Å². The highest BCUT2D eigenvalue weighted by Crippen LogP contribution is 2.29. The summed E-state index contributed by atoms with van der Waals surface area (Å²) < 4.78 is 33.6. The highest BCUT2D eigenvalue weighted by Gasteiger charge is 2.30. The van der Waals surface area contributed by atoms with Crippen molar-refractivity contribution in [3.8, 4) is 0 Å². The van der Waals surface area contributed by atoms with E-state index in [1.807, 2.05) is 23.6 Å². The quantitative estimate of drug-likeness (QED) is 0.581. The van der Waals surface area contributed by atoms with Gasteiger partial charge >= 0.3 is 0 Å². The average Bonchev–Trinajstić information content (AvgIpc) is 3.46. The Labute approximate surface area is 172 Å². The van der Waals surface area contributed by atoms with E-state index >= 15 is 0 Å². The largest absolute Gasteiger partial charge is 0.469 e. The van der Waals surface area contributed by atoms with Crippen LogP contribution in [-0.4, -0.2) is 26.8 Å². The molecule has 0 aliphatic carbocycles. The third kappa shape index (κ3) is 4.02. The van der Waals surface area contributed by atoms with E-state index in [1.54, 1.807) is 12.3 Å². The van der Waals surface area contributed by atoms with Crippen molar-refractivity contribution >= 4 is 38.9 Å². The van der Waals surface area contributed by atoms with Crippen LogP contribution in [0.5, 0.6) is 0 Å². The second-order valence-electron chi connectivity index (χ2n) is 6.55. The molecule has 150 valence electrons. The molecule has 7 nitrogen and oxygen atoms in total. The molecule has 1 aromatic carbocycles. The van der Waals surface area contributed by atoms with Gasteiger partial charge in [-0.2, -0.15) is 0 Å². The number of nitrogens with one attached hydrogen (secondary N) is 1. The zero-order valence-corrected chi connectivity index (χ0v) is 16.9. The lowest BCUT2D eigenvalue weighted by atomic mass is 10.1. The predicted octanol–water partition coefficient (Wildman–Crippen LogP) is 3.10. The average molecular weight is 431 g/mol. The first-order valence-corrected chi connectivity index (χ1v) is 11.3. The molecule has 0 spiro atoms. The van der Waals surface area contributed by atoms with Gasteiger partial charge in [-0.05, 0) is 47.8 Å². The van der Waals surface area contributed by atoms with Crippen molar-refractivity contribution in [3.05, 3.63) is 70.8 Å². The van der Waals surface area contributed by atoms with Crippen molar-refractivity contribution in [2.24, 2.45) is 0 Å². The van der Waals surface area contributed by atoms with Gasteiger partial charge in [0, 0.05) is 24.3 Å². The molecule has 1 aliphatic rings. The molecule has 1 saturated heterocycles. The van der Waals surface area contributed by atoms with Gasteiger partial charge in [0.1, 0.15) is 5.76 Å². The molecule has 1 atom stereocenters. The molecule has 1 fully saturated rings. The van der Waals surface area contributed by atoms with E-state index in [-0.39, 0.29) is 42.0 Å². The fourth-order valence-electron chi connectivity index (χ4n) is 3.24. The first-order valence-electron chi connectivity index (χ1n) is 8.98. The monoisotopic (exact) mass is 430 g/mol. The van der Waals surface area contributed by atoms with Crippen molar-refractivity contribution in [2.75, 3.05) is 11.4 Å². The van der Waals surface area contributed by atoms with E-state index in [1.165, 1.54) is 35.6 Å². The maximum absolute atomic E-state index is 12.8. The van der Waals surface area contributed by atoms with Gasteiger partial charge in [0.05, 0.1) is 22.8 Å². The fraction of sp³-hybridized carbons (Fsp3) is 0.200. The van der Waals surface area contributed by atoms with Gasteiger partial charge in [0.2, 0.25) is 21.8 Å². The number of amides is 2. The summed E-state index contributed by atoms with van der Waals surface area (Å²) in [5.74, 6) is -0.114. The van der Waals surface area contributed by atoms with Gasteiger partial charge in [-0.25, -0.2) is 13.1 Å². The first-order chi connectivity index (χ1) is 14.0. The molecular weight excluding hydrogens is 412 g/mol. The molecule has 0 saturated carbocycles. The minimum absolute atomic E-state index is 0.0599. The van der Waals surface area contributed by atoms with Crippen molar-refractivity contribution < 1.29 is 22.4 Å². The van der Waals surface area contributed by atoms with Crippen LogP contribution in [0.4, 0.5) is 5.69 Å². The number of hydrogen-bond acceptors (Lipinski definition) is 6. The number of thiophene rings is 1. The highest BCUT2D eigenvalue weighted by atomic mass is 32.2. The van der Waals surface area contributed by atoms with Gasteiger partial charge in [-0.1, -0.05) is 6.07 Å². The highest BCUT2D eigenvalue weighted by molar-refractivity contribution is 7.89. The van der Waals surface area contributed by atoms with Crippen molar-refractivity contribution in [1.29, 1.82) is 0 Å². The number of nitrogens with zero attached hydrogens (tertiary/aromatic N) is 1. The molecule has 2 aromatic heterocycles. The van der Waals surface area contributed by atoms with Crippen LogP contribution >= 0.6 is 11.3 Å². The molecule has 29 heavy (non-hydrogen) atoms. The minimum atomic E-state index is -3.78. The predicted molar refractivity (Wildman–Crippen MR) is 108 cm³/mol. The Morgan fingerprint density at radius 3 is 2.34 bits per heavy atom. The van der Waals surface area contributed by atoms with Crippen LogP contribution in [0, 0.1) is 0 Å². The first kappa shape index (κ1) is 19.6. The molecule has 3 aromatic rings. The number of hydrogen-bond donors (Lipinski definition) is 1. The Balaban J connectivity index is 1.51. The zero-order valence-electron chi connectivity index (χ0n) is 15.3. The van der Waals surface area contributed by atoms with Crippen LogP contribution in [0.25, 0.3) is 0 Å². The SMILES string of the molecule is O=C1CCC(=O)N1c1ccc(S(=O)(=O)NC[C@H](c2ccco2)c2cccs2)cc1. The van der Waals surface area contributed by atoms with Crippen LogP contribution < -0.4 is 9.62 Å². The smallest absolute Gasteiger partial charge is 0.240 e. The summed E-state index contributed by atoms with van der Waals surface area (Å²) in [6.07, 6.45) is 1.92. The summed E-state index contributed by atoms with van der Waals surface area (Å²) in [6, 6.07) is 13.2. The number of anilines is 1. The Kier molecular flexibility index (Phi) is 5.35. The lowest BCUT2D eigenvalue weighted by Crippen LogP contribution is -2.30. The molecule has 1 aliphatic heterocycles. The number of carbonyl (C=O) groups is 2. The second kappa shape index (κ2) is 7.94. The lowest BCUT2D eigenvalue weighted by Gasteiger charge is -2.16. The van der Waals surface area contributed by atoms with Crippen LogP contribution in [0.2, 0.25) is 0 Å². The zero-order chi connectivity index (χ0) is 20.4. The molecular formula is C20H18N2O5S2. The summed E-state index contributed by atoms with van der Waals surface area (Å²) in [6.45, 7) is 0.140. The number of sulfonamides is 1. The van der Waals surface area contributed by atoms with Gasteiger partial charge in [-0.15, -0.1) is 11.3 Å².